The third kappa shape index (κ3) is 4.30. The fourth-order valence-electron chi connectivity index (χ4n) is 5.62. The summed E-state index contributed by atoms with van der Waals surface area (Å²) in [6.07, 6.45) is 9.67. The van der Waals surface area contributed by atoms with E-state index in [0.717, 1.165) is 40.6 Å². The standard InChI is InChI=1S/C24H39OP/c1-16(2)21-13-12-18(4)15-23(21)26(20-10-6-8-17(3)14-20)22-11-7-9-19(5)24(22)25/h7,9,11,16-18,20-21,23,25H,6,8,10,12-15H2,1-5H3/t17-,18-,20?,21+,23?,26?/m1/s1. The van der Waals surface area contributed by atoms with Gasteiger partial charge in [0.15, 0.2) is 0 Å². The number of hydrogen-bond acceptors (Lipinski definition) is 1. The third-order valence-corrected chi connectivity index (χ3v) is 10.6. The summed E-state index contributed by atoms with van der Waals surface area (Å²) < 4.78 is 0. The van der Waals surface area contributed by atoms with Crippen molar-refractivity contribution in [3.8, 4) is 5.75 Å². The molecule has 2 heteroatoms. The van der Waals surface area contributed by atoms with Crippen LogP contribution in [0.1, 0.15) is 78.2 Å². The van der Waals surface area contributed by atoms with Gasteiger partial charge in [-0.05, 0) is 73.2 Å². The first-order valence-electron chi connectivity index (χ1n) is 10.9. The number of hydrogen-bond donors (Lipinski definition) is 1. The van der Waals surface area contributed by atoms with Crippen LogP contribution in [0.4, 0.5) is 0 Å². The molecule has 0 heterocycles. The molecule has 2 aliphatic carbocycles. The summed E-state index contributed by atoms with van der Waals surface area (Å²) in [6.45, 7) is 11.8. The van der Waals surface area contributed by atoms with E-state index in [0.29, 0.717) is 5.75 Å². The minimum Gasteiger partial charge on any atom is -0.507 e. The lowest BCUT2D eigenvalue weighted by Crippen LogP contribution is -2.37. The van der Waals surface area contributed by atoms with Gasteiger partial charge in [0.2, 0.25) is 0 Å². The van der Waals surface area contributed by atoms with Crippen LogP contribution in [0.5, 0.6) is 5.75 Å². The van der Waals surface area contributed by atoms with Gasteiger partial charge in [-0.2, -0.15) is 0 Å². The first-order valence-corrected chi connectivity index (χ1v) is 12.4. The molecule has 0 bridgehead atoms. The average molecular weight is 375 g/mol. The third-order valence-electron chi connectivity index (χ3n) is 7.14. The molecule has 3 rings (SSSR count). The first kappa shape index (κ1) is 20.2. The molecule has 2 fully saturated rings. The van der Waals surface area contributed by atoms with Crippen LogP contribution in [-0.4, -0.2) is 16.4 Å². The summed E-state index contributed by atoms with van der Waals surface area (Å²) in [5, 5.41) is 12.3. The van der Waals surface area contributed by atoms with E-state index >= 15 is 0 Å². The fourth-order valence-corrected chi connectivity index (χ4v) is 10.1. The molecule has 1 aromatic carbocycles. The molecule has 2 saturated carbocycles. The number of aromatic hydroxyl groups is 1. The van der Waals surface area contributed by atoms with Gasteiger partial charge in [-0.15, -0.1) is 0 Å². The van der Waals surface area contributed by atoms with Crippen molar-refractivity contribution in [2.45, 2.75) is 90.9 Å². The van der Waals surface area contributed by atoms with Crippen LogP contribution in [0.25, 0.3) is 0 Å². The molecule has 1 N–H and O–H groups in total. The molecule has 1 nitrogen and oxygen atoms in total. The Morgan fingerprint density at radius 3 is 2.42 bits per heavy atom. The summed E-state index contributed by atoms with van der Waals surface area (Å²) in [7, 11) is -0.304. The quantitative estimate of drug-likeness (QED) is 0.572. The van der Waals surface area contributed by atoms with Crippen molar-refractivity contribution in [1.82, 2.24) is 0 Å². The maximum atomic E-state index is 11.0. The van der Waals surface area contributed by atoms with E-state index in [9.17, 15) is 5.11 Å². The van der Waals surface area contributed by atoms with E-state index in [4.69, 9.17) is 0 Å². The summed E-state index contributed by atoms with van der Waals surface area (Å²) in [6, 6.07) is 6.52. The van der Waals surface area contributed by atoms with Gasteiger partial charge in [-0.25, -0.2) is 0 Å². The molecule has 146 valence electrons. The Morgan fingerprint density at radius 2 is 1.73 bits per heavy atom. The Balaban J connectivity index is 2.02. The molecule has 0 aromatic heterocycles. The van der Waals surface area contributed by atoms with Gasteiger partial charge < -0.3 is 5.11 Å². The molecule has 2 aliphatic rings. The molecular formula is C24H39OP. The second kappa shape index (κ2) is 8.64. The van der Waals surface area contributed by atoms with Crippen LogP contribution < -0.4 is 5.30 Å². The van der Waals surface area contributed by atoms with Gasteiger partial charge in [0.1, 0.15) is 5.75 Å². The molecule has 0 amide bonds. The number of rotatable bonds is 4. The topological polar surface area (TPSA) is 20.2 Å². The largest absolute Gasteiger partial charge is 0.507 e. The van der Waals surface area contributed by atoms with Crippen molar-refractivity contribution in [1.29, 1.82) is 0 Å². The van der Waals surface area contributed by atoms with Gasteiger partial charge in [-0.1, -0.05) is 73.1 Å². The Hall–Kier alpha value is -0.550. The molecule has 0 aliphatic heterocycles. The summed E-state index contributed by atoms with van der Waals surface area (Å²) in [5.41, 5.74) is 2.65. The lowest BCUT2D eigenvalue weighted by atomic mass is 9.77. The molecule has 3 unspecified atom stereocenters. The highest BCUT2D eigenvalue weighted by Gasteiger charge is 2.41. The van der Waals surface area contributed by atoms with Crippen molar-refractivity contribution in [3.05, 3.63) is 23.8 Å². The van der Waals surface area contributed by atoms with Crippen LogP contribution in [-0.2, 0) is 0 Å². The van der Waals surface area contributed by atoms with E-state index in [1.165, 1.54) is 50.3 Å². The predicted octanol–water partition coefficient (Wildman–Crippen LogP) is 6.85. The Kier molecular flexibility index (Phi) is 6.71. The highest BCUT2D eigenvalue weighted by atomic mass is 31.1. The van der Waals surface area contributed by atoms with Crippen molar-refractivity contribution in [2.75, 3.05) is 0 Å². The molecule has 1 aromatic rings. The molecule has 0 spiro atoms. The van der Waals surface area contributed by atoms with E-state index in [1.807, 2.05) is 0 Å². The lowest BCUT2D eigenvalue weighted by Gasteiger charge is -2.46. The molecule has 0 saturated heterocycles. The number of aryl methyl sites for hydroxylation is 1. The van der Waals surface area contributed by atoms with Crippen LogP contribution in [0.3, 0.4) is 0 Å². The van der Waals surface area contributed by atoms with E-state index in [2.05, 4.69) is 52.8 Å². The van der Waals surface area contributed by atoms with Crippen molar-refractivity contribution in [2.24, 2.45) is 23.7 Å². The van der Waals surface area contributed by atoms with E-state index in [1.54, 1.807) is 0 Å². The molecule has 0 radical (unpaired) electrons. The monoisotopic (exact) mass is 374 g/mol. The zero-order valence-electron chi connectivity index (χ0n) is 17.5. The van der Waals surface area contributed by atoms with E-state index in [-0.39, 0.29) is 7.92 Å². The molecule has 26 heavy (non-hydrogen) atoms. The minimum atomic E-state index is -0.304. The number of benzene rings is 1. The highest BCUT2D eigenvalue weighted by molar-refractivity contribution is 7.67. The Bertz CT molecular complexity index is 596. The maximum Gasteiger partial charge on any atom is 0.126 e. The zero-order chi connectivity index (χ0) is 18.8. The van der Waals surface area contributed by atoms with Crippen LogP contribution >= 0.6 is 7.92 Å². The smallest absolute Gasteiger partial charge is 0.126 e. The van der Waals surface area contributed by atoms with Gasteiger partial charge in [0, 0.05) is 5.30 Å². The second-order valence-corrected chi connectivity index (χ2v) is 12.4. The van der Waals surface area contributed by atoms with Crippen LogP contribution in [0.15, 0.2) is 18.2 Å². The van der Waals surface area contributed by atoms with Gasteiger partial charge >= 0.3 is 0 Å². The minimum absolute atomic E-state index is 0.304. The predicted molar refractivity (Wildman–Crippen MR) is 116 cm³/mol. The highest BCUT2D eigenvalue weighted by Crippen LogP contribution is 2.60. The van der Waals surface area contributed by atoms with Crippen LogP contribution in [0, 0.1) is 30.6 Å². The Morgan fingerprint density at radius 1 is 1.00 bits per heavy atom. The summed E-state index contributed by atoms with van der Waals surface area (Å²) >= 11 is 0. The average Bonchev–Trinajstić information content (AvgIpc) is 2.59. The van der Waals surface area contributed by atoms with Crippen molar-refractivity contribution in [3.63, 3.8) is 0 Å². The Labute approximate surface area is 162 Å². The van der Waals surface area contributed by atoms with Crippen molar-refractivity contribution < 1.29 is 5.11 Å². The summed E-state index contributed by atoms with van der Waals surface area (Å²) in [4.78, 5) is 0. The summed E-state index contributed by atoms with van der Waals surface area (Å²) in [5.74, 6) is 3.88. The number of phenols is 1. The fraction of sp³-hybridized carbons (Fsp3) is 0.750. The van der Waals surface area contributed by atoms with Crippen LogP contribution in [0.2, 0.25) is 0 Å². The second-order valence-electron chi connectivity index (χ2n) is 9.67. The first-order chi connectivity index (χ1) is 12.4. The van der Waals surface area contributed by atoms with Gasteiger partial charge in [-0.3, -0.25) is 0 Å². The zero-order valence-corrected chi connectivity index (χ0v) is 18.4. The SMILES string of the molecule is Cc1cccc(P(C2CCC[C@@H](C)C2)C2C[C@H](C)CC[C@H]2C(C)C)c1O. The number of para-hydroxylation sites is 1. The van der Waals surface area contributed by atoms with E-state index < -0.39 is 0 Å². The molecule has 6 atom stereocenters. The lowest BCUT2D eigenvalue weighted by molar-refractivity contribution is 0.239. The van der Waals surface area contributed by atoms with Gasteiger partial charge in [0.05, 0.1) is 0 Å². The normalized spacial score (nSPS) is 34.0. The number of phenolic OH excluding ortho intramolecular Hbond substituents is 1. The van der Waals surface area contributed by atoms with Gasteiger partial charge in [0.25, 0.3) is 0 Å². The van der Waals surface area contributed by atoms with Crippen molar-refractivity contribution >= 4 is 13.2 Å². The molecular weight excluding hydrogens is 335 g/mol. The maximum absolute atomic E-state index is 11.0.